The van der Waals surface area contributed by atoms with Crippen LogP contribution in [-0.4, -0.2) is 65.7 Å². The Morgan fingerprint density at radius 3 is 2.41 bits per heavy atom. The fourth-order valence-corrected chi connectivity index (χ4v) is 1.65. The molecule has 0 radical (unpaired) electrons. The number of rotatable bonds is 2. The van der Waals surface area contributed by atoms with E-state index in [2.05, 4.69) is 10.2 Å². The monoisotopic (exact) mass is 243 g/mol. The van der Waals surface area contributed by atoms with Crippen molar-refractivity contribution in [1.29, 1.82) is 0 Å². The van der Waals surface area contributed by atoms with E-state index in [1.165, 1.54) is 13.8 Å². The topological polar surface area (TPSA) is 72.9 Å². The molecule has 0 unspecified atom stereocenters. The van der Waals surface area contributed by atoms with Gasteiger partial charge in [0.25, 0.3) is 0 Å². The third-order valence-corrected chi connectivity index (χ3v) is 2.96. The maximum absolute atomic E-state index is 11.9. The van der Waals surface area contributed by atoms with E-state index in [9.17, 15) is 9.59 Å². The molecule has 0 aromatic rings. The van der Waals surface area contributed by atoms with Crippen LogP contribution in [0.1, 0.15) is 20.3 Å². The van der Waals surface area contributed by atoms with Gasteiger partial charge in [-0.25, -0.2) is 9.59 Å². The number of carboxylic acid groups (broad SMARTS) is 1. The summed E-state index contributed by atoms with van der Waals surface area (Å²) in [6.07, 6.45) is 0.914. The SMILES string of the molecule is CN1CCCN(C(=O)NC(C)(C)C(=O)O)CC1. The van der Waals surface area contributed by atoms with Crippen LogP contribution in [0.5, 0.6) is 0 Å². The second-order valence-corrected chi connectivity index (χ2v) is 5.00. The first-order chi connectivity index (χ1) is 7.83. The number of nitrogens with one attached hydrogen (secondary N) is 1. The fraction of sp³-hybridized carbons (Fsp3) is 0.818. The molecule has 6 nitrogen and oxygen atoms in total. The highest BCUT2D eigenvalue weighted by Gasteiger charge is 2.31. The number of amides is 2. The van der Waals surface area contributed by atoms with Crippen LogP contribution in [0.4, 0.5) is 4.79 Å². The Kier molecular flexibility index (Phi) is 4.34. The molecule has 0 bridgehead atoms. The van der Waals surface area contributed by atoms with Gasteiger partial charge in [-0.3, -0.25) is 0 Å². The molecule has 1 rings (SSSR count). The van der Waals surface area contributed by atoms with Crippen LogP contribution in [0.25, 0.3) is 0 Å². The predicted molar refractivity (Wildman–Crippen MR) is 63.9 cm³/mol. The Labute approximate surface area is 102 Å². The molecule has 2 amide bonds. The molecule has 0 aromatic carbocycles. The Hall–Kier alpha value is -1.30. The minimum Gasteiger partial charge on any atom is -0.480 e. The molecule has 0 spiro atoms. The van der Waals surface area contributed by atoms with Gasteiger partial charge in [-0.1, -0.05) is 0 Å². The zero-order valence-corrected chi connectivity index (χ0v) is 10.7. The van der Waals surface area contributed by atoms with E-state index in [1.807, 2.05) is 7.05 Å². The van der Waals surface area contributed by atoms with Crippen LogP contribution < -0.4 is 5.32 Å². The fourth-order valence-electron chi connectivity index (χ4n) is 1.65. The van der Waals surface area contributed by atoms with Gasteiger partial charge in [-0.15, -0.1) is 0 Å². The van der Waals surface area contributed by atoms with Crippen LogP contribution >= 0.6 is 0 Å². The van der Waals surface area contributed by atoms with Crippen molar-refractivity contribution in [2.24, 2.45) is 0 Å². The van der Waals surface area contributed by atoms with Crippen molar-refractivity contribution in [3.05, 3.63) is 0 Å². The van der Waals surface area contributed by atoms with Crippen molar-refractivity contribution in [2.45, 2.75) is 25.8 Å². The van der Waals surface area contributed by atoms with Gasteiger partial charge in [-0.2, -0.15) is 0 Å². The van der Waals surface area contributed by atoms with Crippen molar-refractivity contribution in [2.75, 3.05) is 33.2 Å². The van der Waals surface area contributed by atoms with E-state index in [-0.39, 0.29) is 6.03 Å². The Balaban J connectivity index is 2.55. The zero-order valence-electron chi connectivity index (χ0n) is 10.7. The smallest absolute Gasteiger partial charge is 0.328 e. The summed E-state index contributed by atoms with van der Waals surface area (Å²) in [6, 6.07) is -0.298. The third kappa shape index (κ3) is 3.89. The maximum Gasteiger partial charge on any atom is 0.328 e. The van der Waals surface area contributed by atoms with Gasteiger partial charge in [0.2, 0.25) is 0 Å². The van der Waals surface area contributed by atoms with Gasteiger partial charge in [0, 0.05) is 19.6 Å². The summed E-state index contributed by atoms with van der Waals surface area (Å²) in [5, 5.41) is 11.5. The molecule has 1 fully saturated rings. The minimum atomic E-state index is -1.23. The number of carboxylic acids is 1. The van der Waals surface area contributed by atoms with Crippen LogP contribution in [-0.2, 0) is 4.79 Å². The van der Waals surface area contributed by atoms with Crippen molar-refractivity contribution >= 4 is 12.0 Å². The summed E-state index contributed by atoms with van der Waals surface area (Å²) in [4.78, 5) is 26.7. The van der Waals surface area contributed by atoms with Crippen molar-refractivity contribution in [3.63, 3.8) is 0 Å². The van der Waals surface area contributed by atoms with Gasteiger partial charge >= 0.3 is 12.0 Å². The molecule has 1 saturated heterocycles. The summed E-state index contributed by atoms with van der Waals surface area (Å²) < 4.78 is 0. The number of carbonyl (C=O) groups excluding carboxylic acids is 1. The molecular weight excluding hydrogens is 222 g/mol. The van der Waals surface area contributed by atoms with E-state index < -0.39 is 11.5 Å². The molecule has 1 aliphatic heterocycles. The van der Waals surface area contributed by atoms with E-state index in [1.54, 1.807) is 4.90 Å². The summed E-state index contributed by atoms with van der Waals surface area (Å²) >= 11 is 0. The van der Waals surface area contributed by atoms with Gasteiger partial charge in [-0.05, 0) is 33.9 Å². The lowest BCUT2D eigenvalue weighted by atomic mass is 10.1. The molecule has 1 heterocycles. The molecule has 0 saturated carbocycles. The highest BCUT2D eigenvalue weighted by Crippen LogP contribution is 2.06. The summed E-state index contributed by atoms with van der Waals surface area (Å²) in [7, 11) is 2.02. The summed E-state index contributed by atoms with van der Waals surface area (Å²) in [6.45, 7) is 6.06. The van der Waals surface area contributed by atoms with Crippen LogP contribution in [0.3, 0.4) is 0 Å². The van der Waals surface area contributed by atoms with Crippen LogP contribution in [0.2, 0.25) is 0 Å². The van der Waals surface area contributed by atoms with E-state index in [4.69, 9.17) is 5.11 Å². The highest BCUT2D eigenvalue weighted by atomic mass is 16.4. The molecule has 0 aliphatic carbocycles. The Bertz CT molecular complexity index is 304. The molecule has 98 valence electrons. The highest BCUT2D eigenvalue weighted by molar-refractivity contribution is 5.85. The lowest BCUT2D eigenvalue weighted by Crippen LogP contribution is -2.54. The van der Waals surface area contributed by atoms with Crippen molar-refractivity contribution < 1.29 is 14.7 Å². The molecule has 2 N–H and O–H groups in total. The second kappa shape index (κ2) is 5.35. The normalized spacial score (nSPS) is 18.6. The number of nitrogens with zero attached hydrogens (tertiary/aromatic N) is 2. The standard InChI is InChI=1S/C11H21N3O3/c1-11(2,9(15)16)12-10(17)14-6-4-5-13(3)7-8-14/h4-8H2,1-3H3,(H,12,17)(H,15,16). The zero-order chi connectivity index (χ0) is 13.1. The van der Waals surface area contributed by atoms with E-state index >= 15 is 0 Å². The summed E-state index contributed by atoms with van der Waals surface area (Å²) in [5.74, 6) is -1.03. The molecule has 17 heavy (non-hydrogen) atoms. The largest absolute Gasteiger partial charge is 0.480 e. The number of carbonyl (C=O) groups is 2. The number of likely N-dealkylation sites (N-methyl/N-ethyl adjacent to an activating group) is 1. The minimum absolute atomic E-state index is 0.298. The lowest BCUT2D eigenvalue weighted by molar-refractivity contribution is -0.143. The molecule has 6 heteroatoms. The maximum atomic E-state index is 11.9. The van der Waals surface area contributed by atoms with E-state index in [0.29, 0.717) is 13.1 Å². The molecular formula is C11H21N3O3. The van der Waals surface area contributed by atoms with Crippen molar-refractivity contribution in [3.8, 4) is 0 Å². The molecule has 1 aliphatic rings. The summed E-state index contributed by atoms with van der Waals surface area (Å²) in [5.41, 5.74) is -1.23. The average Bonchev–Trinajstić information content (AvgIpc) is 2.42. The number of hydrogen-bond acceptors (Lipinski definition) is 3. The van der Waals surface area contributed by atoms with Gasteiger partial charge in [0.1, 0.15) is 5.54 Å². The van der Waals surface area contributed by atoms with E-state index in [0.717, 1.165) is 19.5 Å². The van der Waals surface area contributed by atoms with Crippen molar-refractivity contribution in [1.82, 2.24) is 15.1 Å². The lowest BCUT2D eigenvalue weighted by Gasteiger charge is -2.27. The van der Waals surface area contributed by atoms with Gasteiger partial charge in [0.05, 0.1) is 0 Å². The Morgan fingerprint density at radius 1 is 1.18 bits per heavy atom. The first-order valence-electron chi connectivity index (χ1n) is 5.82. The van der Waals surface area contributed by atoms with Gasteiger partial charge < -0.3 is 20.2 Å². The van der Waals surface area contributed by atoms with Crippen LogP contribution in [0.15, 0.2) is 0 Å². The number of hydrogen-bond donors (Lipinski definition) is 2. The molecule has 0 atom stereocenters. The first-order valence-corrected chi connectivity index (χ1v) is 5.82. The molecule has 0 aromatic heterocycles. The quantitative estimate of drug-likeness (QED) is 0.726. The first kappa shape index (κ1) is 13.8. The average molecular weight is 243 g/mol. The third-order valence-electron chi connectivity index (χ3n) is 2.96. The second-order valence-electron chi connectivity index (χ2n) is 5.00. The van der Waals surface area contributed by atoms with Gasteiger partial charge in [0.15, 0.2) is 0 Å². The van der Waals surface area contributed by atoms with Crippen LogP contribution in [0, 0.1) is 0 Å². The predicted octanol–water partition coefficient (Wildman–Crippen LogP) is 0.197. The number of urea groups is 1. The number of aliphatic carboxylic acids is 1. The Morgan fingerprint density at radius 2 is 1.82 bits per heavy atom.